The summed E-state index contributed by atoms with van der Waals surface area (Å²) in [5, 5.41) is 14.2. The molecule has 0 aliphatic heterocycles. The molecule has 0 heterocycles. The first-order valence-corrected chi connectivity index (χ1v) is 10.6. The van der Waals surface area contributed by atoms with Crippen LogP contribution in [0.25, 0.3) is 0 Å². The van der Waals surface area contributed by atoms with Gasteiger partial charge in [0.2, 0.25) is 15.9 Å². The first-order valence-electron chi connectivity index (χ1n) is 8.40. The first-order chi connectivity index (χ1) is 13.1. The van der Waals surface area contributed by atoms with Crippen LogP contribution in [0, 0.1) is 10.1 Å². The molecule has 28 heavy (non-hydrogen) atoms. The lowest BCUT2D eigenvalue weighted by atomic mass is 10.1. The fourth-order valence-corrected chi connectivity index (χ4v) is 4.15. The molecule has 1 N–H and O–H groups in total. The highest BCUT2D eigenvalue weighted by molar-refractivity contribution is 7.92. The van der Waals surface area contributed by atoms with Crippen molar-refractivity contribution < 1.29 is 18.1 Å². The van der Waals surface area contributed by atoms with Gasteiger partial charge in [-0.2, -0.15) is 0 Å². The lowest BCUT2D eigenvalue weighted by Crippen LogP contribution is -2.49. The van der Waals surface area contributed by atoms with E-state index < -0.39 is 26.9 Å². The third-order valence-corrected chi connectivity index (χ3v) is 5.58. The van der Waals surface area contributed by atoms with E-state index in [1.165, 1.54) is 18.2 Å². The lowest BCUT2D eigenvalue weighted by Gasteiger charge is -2.30. The van der Waals surface area contributed by atoms with Crippen LogP contribution in [0.2, 0.25) is 5.02 Å². The van der Waals surface area contributed by atoms with E-state index in [9.17, 15) is 23.3 Å². The average Bonchev–Trinajstić information content (AvgIpc) is 2.64. The highest BCUT2D eigenvalue weighted by Gasteiger charge is 2.32. The Morgan fingerprint density at radius 3 is 2.50 bits per heavy atom. The predicted molar refractivity (Wildman–Crippen MR) is 108 cm³/mol. The number of nitrogens with one attached hydrogen (secondary N) is 1. The van der Waals surface area contributed by atoms with Gasteiger partial charge in [-0.3, -0.25) is 19.2 Å². The quantitative estimate of drug-likeness (QED) is 0.516. The second-order valence-corrected chi connectivity index (χ2v) is 8.34. The monoisotopic (exact) mass is 425 g/mol. The summed E-state index contributed by atoms with van der Waals surface area (Å²) in [6, 6.07) is 11.1. The molecule has 0 aliphatic rings. The number of hydrogen-bond acceptors (Lipinski definition) is 5. The van der Waals surface area contributed by atoms with Gasteiger partial charge in [-0.25, -0.2) is 8.42 Å². The fourth-order valence-electron chi connectivity index (χ4n) is 2.75. The number of carbonyl (C=O) groups is 1. The third kappa shape index (κ3) is 5.20. The number of nitro groups is 1. The van der Waals surface area contributed by atoms with Crippen molar-refractivity contribution >= 4 is 38.9 Å². The molecule has 150 valence electrons. The second kappa shape index (κ2) is 9.03. The largest absolute Gasteiger partial charge is 0.350 e. The molecule has 2 rings (SSSR count). The van der Waals surface area contributed by atoms with Crippen molar-refractivity contribution in [2.45, 2.75) is 25.9 Å². The van der Waals surface area contributed by atoms with Gasteiger partial charge in [0.05, 0.1) is 16.9 Å². The molecule has 0 spiro atoms. The summed E-state index contributed by atoms with van der Waals surface area (Å²) >= 11 is 6.08. The Bertz CT molecular complexity index is 981. The Morgan fingerprint density at radius 1 is 1.25 bits per heavy atom. The average molecular weight is 426 g/mol. The Morgan fingerprint density at radius 2 is 1.93 bits per heavy atom. The van der Waals surface area contributed by atoms with Crippen molar-refractivity contribution in [3.8, 4) is 0 Å². The van der Waals surface area contributed by atoms with Gasteiger partial charge in [0.25, 0.3) is 5.69 Å². The smallest absolute Gasteiger partial charge is 0.271 e. The maximum atomic E-state index is 12.7. The molecule has 0 aliphatic carbocycles. The normalized spacial score (nSPS) is 12.2. The highest BCUT2D eigenvalue weighted by Crippen LogP contribution is 2.26. The van der Waals surface area contributed by atoms with Gasteiger partial charge in [-0.1, -0.05) is 42.8 Å². The molecule has 0 saturated carbocycles. The van der Waals surface area contributed by atoms with Crippen LogP contribution in [-0.2, 0) is 21.4 Å². The molecular weight excluding hydrogens is 406 g/mol. The number of benzene rings is 2. The van der Waals surface area contributed by atoms with E-state index in [4.69, 9.17) is 11.6 Å². The van der Waals surface area contributed by atoms with Crippen molar-refractivity contribution in [3.05, 3.63) is 69.2 Å². The molecule has 8 nitrogen and oxygen atoms in total. The lowest BCUT2D eigenvalue weighted by molar-refractivity contribution is -0.384. The highest BCUT2D eigenvalue weighted by atomic mass is 35.5. The molecular formula is C18H20ClN3O5S. The van der Waals surface area contributed by atoms with E-state index in [-0.39, 0.29) is 24.3 Å². The summed E-state index contributed by atoms with van der Waals surface area (Å²) in [6.45, 7) is 1.79. The van der Waals surface area contributed by atoms with Crippen molar-refractivity contribution in [3.63, 3.8) is 0 Å². The second-order valence-electron chi connectivity index (χ2n) is 6.07. The fraction of sp³-hybridized carbons (Fsp3) is 0.278. The molecule has 2 aromatic rings. The summed E-state index contributed by atoms with van der Waals surface area (Å²) < 4.78 is 25.7. The summed E-state index contributed by atoms with van der Waals surface area (Å²) in [7, 11) is -3.88. The number of anilines is 1. The van der Waals surface area contributed by atoms with E-state index in [2.05, 4.69) is 5.32 Å². The maximum Gasteiger partial charge on any atom is 0.271 e. The van der Waals surface area contributed by atoms with Crippen LogP contribution in [0.3, 0.4) is 0 Å². The van der Waals surface area contributed by atoms with Gasteiger partial charge >= 0.3 is 0 Å². The Labute approximate surface area is 168 Å². The van der Waals surface area contributed by atoms with E-state index in [0.717, 1.165) is 16.6 Å². The number of carbonyl (C=O) groups excluding carboxylic acids is 1. The summed E-state index contributed by atoms with van der Waals surface area (Å²) in [4.78, 5) is 23.2. The van der Waals surface area contributed by atoms with E-state index in [1.807, 2.05) is 0 Å². The van der Waals surface area contributed by atoms with Crippen LogP contribution in [0.5, 0.6) is 0 Å². The summed E-state index contributed by atoms with van der Waals surface area (Å²) in [6.07, 6.45) is 1.12. The number of amides is 1. The van der Waals surface area contributed by atoms with Gasteiger partial charge in [0.1, 0.15) is 6.04 Å². The zero-order valence-corrected chi connectivity index (χ0v) is 16.9. The van der Waals surface area contributed by atoms with Crippen LogP contribution in [0.1, 0.15) is 18.9 Å². The minimum Gasteiger partial charge on any atom is -0.350 e. The predicted octanol–water partition coefficient (Wildman–Crippen LogP) is 3.11. The molecule has 0 unspecified atom stereocenters. The number of halogens is 1. The SMILES string of the molecule is CC[C@@H](C(=O)NCc1ccccc1Cl)N(c1cccc([N+](=O)[O-])c1)S(C)(=O)=O. The van der Waals surface area contributed by atoms with Gasteiger partial charge in [-0.05, 0) is 24.1 Å². The van der Waals surface area contributed by atoms with E-state index >= 15 is 0 Å². The van der Waals surface area contributed by atoms with Crippen LogP contribution < -0.4 is 9.62 Å². The maximum absolute atomic E-state index is 12.7. The molecule has 0 fully saturated rings. The first kappa shape index (κ1) is 21.6. The molecule has 2 aromatic carbocycles. The standard InChI is InChI=1S/C18H20ClN3O5S/c1-3-17(18(23)20-12-13-7-4-5-10-16(13)19)21(28(2,26)27)14-8-6-9-15(11-14)22(24)25/h4-11,17H,3,12H2,1-2H3,(H,20,23)/t17-/m0/s1. The number of rotatable bonds is 8. The van der Waals surface area contributed by atoms with Crippen molar-refractivity contribution in [1.29, 1.82) is 0 Å². The van der Waals surface area contributed by atoms with Gasteiger partial charge in [0, 0.05) is 23.7 Å². The van der Waals surface area contributed by atoms with Crippen molar-refractivity contribution in [2.75, 3.05) is 10.6 Å². The molecule has 0 saturated heterocycles. The summed E-state index contributed by atoms with van der Waals surface area (Å²) in [5.74, 6) is -0.528. The minimum absolute atomic E-state index is 0.0523. The molecule has 1 atom stereocenters. The zero-order chi connectivity index (χ0) is 20.9. The number of nitrogens with zero attached hydrogens (tertiary/aromatic N) is 2. The van der Waals surface area contributed by atoms with Crippen molar-refractivity contribution in [1.82, 2.24) is 5.32 Å². The Kier molecular flexibility index (Phi) is 6.98. The van der Waals surface area contributed by atoms with Gasteiger partial charge in [-0.15, -0.1) is 0 Å². The Balaban J connectivity index is 2.33. The zero-order valence-electron chi connectivity index (χ0n) is 15.3. The minimum atomic E-state index is -3.88. The third-order valence-electron chi connectivity index (χ3n) is 4.04. The molecule has 0 radical (unpaired) electrons. The molecule has 10 heteroatoms. The van der Waals surface area contributed by atoms with Crippen molar-refractivity contribution in [2.24, 2.45) is 0 Å². The topological polar surface area (TPSA) is 110 Å². The van der Waals surface area contributed by atoms with Crippen LogP contribution in [0.15, 0.2) is 48.5 Å². The number of non-ortho nitro benzene ring substituents is 1. The van der Waals surface area contributed by atoms with Gasteiger partial charge in [0.15, 0.2) is 0 Å². The molecule has 0 bridgehead atoms. The van der Waals surface area contributed by atoms with Gasteiger partial charge < -0.3 is 5.32 Å². The number of sulfonamides is 1. The molecule has 0 aromatic heterocycles. The Hall–Kier alpha value is -2.65. The van der Waals surface area contributed by atoms with Crippen LogP contribution in [-0.4, -0.2) is 31.5 Å². The summed E-state index contributed by atoms with van der Waals surface area (Å²) in [5.41, 5.74) is 0.475. The van der Waals surface area contributed by atoms with Crippen LogP contribution in [0.4, 0.5) is 11.4 Å². The molecule has 1 amide bonds. The number of hydrogen-bond donors (Lipinski definition) is 1. The van der Waals surface area contributed by atoms with E-state index in [0.29, 0.717) is 10.6 Å². The van der Waals surface area contributed by atoms with E-state index in [1.54, 1.807) is 31.2 Å². The number of nitro benzene ring substituents is 1. The van der Waals surface area contributed by atoms with Crippen LogP contribution >= 0.6 is 11.6 Å².